The molecule has 0 radical (unpaired) electrons. The molecule has 0 spiro atoms. The number of carbonyl (C=O) groups excluding carboxylic acids is 3. The van der Waals surface area contributed by atoms with E-state index in [2.05, 4.69) is 32.9 Å². The number of carbonyl (C=O) groups is 4. The number of amides is 2. The number of unbranched alkanes of at least 4 members (excludes halogenated alkanes) is 1. The standard InChI is InChI=1S/C47H72N6O15/c1-5-7-14-31-23-53(52-51-31)32-19-30(21-48-22-32)44(61)49-16-11-15-33(56)29-18-28(6-2)42(68-47-41(60)40(59)38(57)25(3)64-47)34(20-29)66-46-37(50-26(4)55)43(39(58)36(24-54)67-46)65-35(45(62)63)17-27-12-9-8-10-13-27/h19,21-23,25,27-29,34-43,46-47,54,57-60H,5-18,20,24H2,1-4H3,(H,49,61)(H,50,55)(H,62,63)/t25?,28?,29?,34-,35+,36+,37?,38-,39+,40+,41?,42-,43?,46-,47+/m1/s1. The monoisotopic (exact) mass is 961 g/mol. The van der Waals surface area contributed by atoms with Gasteiger partial charge in [-0.2, -0.15) is 0 Å². The number of Topliss-reactive ketones (excluding diaryl/α,β-unsaturated/α-hetero) is 1. The molecule has 21 heteroatoms. The number of carboxylic acid groups (broad SMARTS) is 1. The Morgan fingerprint density at radius 1 is 0.926 bits per heavy atom. The maximum absolute atomic E-state index is 14.1. The summed E-state index contributed by atoms with van der Waals surface area (Å²) in [7, 11) is 0. The Hall–Kier alpha value is -4.03. The third kappa shape index (κ3) is 13.6. The third-order valence-corrected chi connectivity index (χ3v) is 13.9. The first kappa shape index (κ1) is 53.3. The number of nitrogens with zero attached hydrogens (tertiary/aromatic N) is 4. The number of nitrogens with one attached hydrogen (secondary N) is 2. The molecule has 4 fully saturated rings. The van der Waals surface area contributed by atoms with Crippen molar-refractivity contribution in [3.05, 3.63) is 35.9 Å². The van der Waals surface area contributed by atoms with Gasteiger partial charge in [0.15, 0.2) is 18.7 Å². The molecule has 8 N–H and O–H groups in total. The van der Waals surface area contributed by atoms with Gasteiger partial charge in [-0.3, -0.25) is 19.4 Å². The molecule has 2 saturated heterocycles. The zero-order chi connectivity index (χ0) is 49.1. The Kier molecular flexibility index (Phi) is 19.8. The predicted octanol–water partition coefficient (Wildman–Crippen LogP) is 1.51. The molecule has 21 nitrogen and oxygen atoms in total. The molecule has 4 aliphatic rings. The van der Waals surface area contributed by atoms with Crippen LogP contribution in [0.25, 0.3) is 5.69 Å². The SMILES string of the molecule is CCCCc1cn(-c2cncc(C(=O)NCCCC(=O)C3CC(CC)[C@@H](O[C@@H]4OC(C)[C@@H](O)[C@H](O)C4O)[C@H](O[C@@H]4O[C@@H](CO)[C@H](O)C(O[C@@H](CC5CCCCC5)C(=O)O)C4NC(C)=O)C3)c2)nn1. The highest BCUT2D eigenvalue weighted by Gasteiger charge is 2.53. The number of rotatable bonds is 22. The van der Waals surface area contributed by atoms with Crippen LogP contribution in [0.1, 0.15) is 127 Å². The molecule has 2 amide bonds. The summed E-state index contributed by atoms with van der Waals surface area (Å²) in [6.45, 7) is 6.18. The summed E-state index contributed by atoms with van der Waals surface area (Å²) >= 11 is 0. The fraction of sp³-hybridized carbons (Fsp3) is 0.766. The van der Waals surface area contributed by atoms with Crippen LogP contribution in [0.3, 0.4) is 0 Å². The van der Waals surface area contributed by atoms with Crippen LogP contribution in [-0.2, 0) is 44.5 Å². The number of aliphatic carboxylic acids is 1. The van der Waals surface area contributed by atoms with Crippen molar-refractivity contribution in [3.63, 3.8) is 0 Å². The van der Waals surface area contributed by atoms with Gasteiger partial charge in [-0.1, -0.05) is 64.0 Å². The van der Waals surface area contributed by atoms with Crippen LogP contribution in [0, 0.1) is 17.8 Å². The van der Waals surface area contributed by atoms with Crippen LogP contribution in [-0.4, -0.2) is 167 Å². The highest BCUT2D eigenvalue weighted by Crippen LogP contribution is 2.40. The number of carboxylic acids is 1. The molecular weight excluding hydrogens is 889 g/mol. The van der Waals surface area contributed by atoms with E-state index in [4.69, 9.17) is 23.7 Å². The zero-order valence-corrected chi connectivity index (χ0v) is 39.5. The second-order valence-electron chi connectivity index (χ2n) is 18.9. The van der Waals surface area contributed by atoms with E-state index in [9.17, 15) is 49.8 Å². The number of pyridine rings is 1. The van der Waals surface area contributed by atoms with Gasteiger partial charge in [0, 0.05) is 32.0 Å². The highest BCUT2D eigenvalue weighted by molar-refractivity contribution is 5.94. The van der Waals surface area contributed by atoms with E-state index < -0.39 is 110 Å². The summed E-state index contributed by atoms with van der Waals surface area (Å²) in [4.78, 5) is 57.0. The van der Waals surface area contributed by atoms with Gasteiger partial charge < -0.3 is 65.0 Å². The van der Waals surface area contributed by atoms with E-state index in [1.54, 1.807) is 16.9 Å². The van der Waals surface area contributed by atoms with Crippen LogP contribution in [0.15, 0.2) is 24.7 Å². The molecule has 0 bridgehead atoms. The molecule has 380 valence electrons. The minimum Gasteiger partial charge on any atom is -0.479 e. The molecule has 6 unspecified atom stereocenters. The second kappa shape index (κ2) is 25.2. The Morgan fingerprint density at radius 3 is 2.38 bits per heavy atom. The fourth-order valence-electron chi connectivity index (χ4n) is 9.97. The number of aliphatic hydroxyl groups excluding tert-OH is 5. The van der Waals surface area contributed by atoms with E-state index in [-0.39, 0.29) is 43.4 Å². The summed E-state index contributed by atoms with van der Waals surface area (Å²) in [5.74, 6) is -3.30. The topological polar surface area (TPSA) is 303 Å². The number of hydrogen-bond donors (Lipinski definition) is 8. The van der Waals surface area contributed by atoms with Gasteiger partial charge >= 0.3 is 5.97 Å². The minimum atomic E-state index is -1.67. The molecule has 2 saturated carbocycles. The van der Waals surface area contributed by atoms with Crippen molar-refractivity contribution in [2.24, 2.45) is 17.8 Å². The number of ketones is 1. The first-order valence-corrected chi connectivity index (χ1v) is 24.4. The van der Waals surface area contributed by atoms with E-state index in [1.165, 1.54) is 20.0 Å². The Labute approximate surface area is 396 Å². The van der Waals surface area contributed by atoms with Crippen LogP contribution < -0.4 is 10.6 Å². The highest BCUT2D eigenvalue weighted by atomic mass is 16.7. The number of aromatic nitrogens is 4. The fourth-order valence-corrected chi connectivity index (χ4v) is 9.97. The van der Waals surface area contributed by atoms with Gasteiger partial charge in [0.2, 0.25) is 5.91 Å². The van der Waals surface area contributed by atoms with Gasteiger partial charge in [0.25, 0.3) is 5.91 Å². The molecular formula is C47H72N6O15. The maximum Gasteiger partial charge on any atom is 0.332 e. The summed E-state index contributed by atoms with van der Waals surface area (Å²) in [6.07, 6.45) is -2.67. The molecule has 2 aliphatic carbocycles. The minimum absolute atomic E-state index is 0.0285. The normalized spacial score (nSPS) is 32.8. The lowest BCUT2D eigenvalue weighted by molar-refractivity contribution is -0.338. The predicted molar refractivity (Wildman–Crippen MR) is 240 cm³/mol. The molecule has 0 aromatic carbocycles. The van der Waals surface area contributed by atoms with Crippen molar-refractivity contribution >= 4 is 23.6 Å². The number of aryl methyl sites for hydroxylation is 1. The average Bonchev–Trinajstić information content (AvgIpc) is 3.81. The zero-order valence-electron chi connectivity index (χ0n) is 39.5. The van der Waals surface area contributed by atoms with Gasteiger partial charge in [0.05, 0.1) is 54.3 Å². The summed E-state index contributed by atoms with van der Waals surface area (Å²) in [5.41, 5.74) is 1.72. The molecule has 6 rings (SSSR count). The van der Waals surface area contributed by atoms with Gasteiger partial charge in [-0.25, -0.2) is 9.48 Å². The van der Waals surface area contributed by atoms with Crippen molar-refractivity contribution in [2.45, 2.75) is 197 Å². The molecule has 68 heavy (non-hydrogen) atoms. The average molecular weight is 961 g/mol. The van der Waals surface area contributed by atoms with Crippen molar-refractivity contribution in [3.8, 4) is 5.69 Å². The van der Waals surface area contributed by atoms with Gasteiger partial charge in [0.1, 0.15) is 48.4 Å². The first-order valence-electron chi connectivity index (χ1n) is 24.4. The van der Waals surface area contributed by atoms with E-state index >= 15 is 0 Å². The largest absolute Gasteiger partial charge is 0.479 e. The number of aliphatic hydroxyl groups is 5. The molecule has 2 aromatic heterocycles. The van der Waals surface area contributed by atoms with Gasteiger partial charge in [-0.15, -0.1) is 5.10 Å². The van der Waals surface area contributed by atoms with Gasteiger partial charge in [-0.05, 0) is 63.4 Å². The lowest BCUT2D eigenvalue weighted by Crippen LogP contribution is -2.67. The Morgan fingerprint density at radius 2 is 1.69 bits per heavy atom. The first-order chi connectivity index (χ1) is 32.6. The lowest BCUT2D eigenvalue weighted by Gasteiger charge is -2.49. The van der Waals surface area contributed by atoms with Crippen LogP contribution in [0.2, 0.25) is 0 Å². The van der Waals surface area contributed by atoms with Crippen LogP contribution in [0.4, 0.5) is 0 Å². The van der Waals surface area contributed by atoms with E-state index in [1.807, 2.05) is 13.1 Å². The quantitative estimate of drug-likeness (QED) is 0.0776. The van der Waals surface area contributed by atoms with E-state index in [0.29, 0.717) is 30.5 Å². The summed E-state index contributed by atoms with van der Waals surface area (Å²) in [5, 5.41) is 78.3. The Bertz CT molecular complexity index is 1950. The lowest BCUT2D eigenvalue weighted by atomic mass is 9.74. The summed E-state index contributed by atoms with van der Waals surface area (Å²) in [6, 6.07) is 0.340. The maximum atomic E-state index is 14.1. The van der Waals surface area contributed by atoms with Crippen molar-refractivity contribution in [1.29, 1.82) is 0 Å². The number of hydrogen-bond acceptors (Lipinski definition) is 17. The smallest absolute Gasteiger partial charge is 0.332 e. The Balaban J connectivity index is 1.19. The summed E-state index contributed by atoms with van der Waals surface area (Å²) < 4.78 is 32.9. The van der Waals surface area contributed by atoms with Crippen molar-refractivity contribution in [2.75, 3.05) is 13.2 Å². The molecule has 2 aromatic rings. The molecule has 4 heterocycles. The molecule has 15 atom stereocenters. The second-order valence-corrected chi connectivity index (χ2v) is 18.9. The number of ether oxygens (including phenoxy) is 5. The van der Waals surface area contributed by atoms with Crippen LogP contribution in [0.5, 0.6) is 0 Å². The third-order valence-electron chi connectivity index (χ3n) is 13.9. The van der Waals surface area contributed by atoms with Crippen molar-refractivity contribution in [1.82, 2.24) is 30.6 Å². The molecule has 2 aliphatic heterocycles. The van der Waals surface area contributed by atoms with Crippen molar-refractivity contribution < 1.29 is 73.5 Å². The van der Waals surface area contributed by atoms with E-state index in [0.717, 1.165) is 57.1 Å². The van der Waals surface area contributed by atoms with Crippen LogP contribution >= 0.6 is 0 Å².